The summed E-state index contributed by atoms with van der Waals surface area (Å²) in [6.07, 6.45) is 1.13. The number of rotatable bonds is 3. The van der Waals surface area contributed by atoms with Crippen LogP contribution in [0.3, 0.4) is 0 Å². The van der Waals surface area contributed by atoms with Crippen LogP contribution in [-0.2, 0) is 0 Å². The van der Waals surface area contributed by atoms with Crippen LogP contribution >= 0.6 is 11.8 Å². The van der Waals surface area contributed by atoms with Gasteiger partial charge in [0, 0.05) is 11.8 Å². The van der Waals surface area contributed by atoms with Gasteiger partial charge in [-0.3, -0.25) is 14.9 Å². The number of hydrogen-bond acceptors (Lipinski definition) is 6. The number of aromatic nitrogens is 2. The Labute approximate surface area is 127 Å². The standard InChI is InChI=1S/C13H8N4O4S/c18-13(14-7-8-5-6-11(21-8)17(19)20)22-12-15-9-3-1-2-4-10(9)16-12/h1-7H,(H,15,16)/b14-7+. The predicted octanol–water partition coefficient (Wildman–Crippen LogP) is 3.40. The molecule has 0 aliphatic carbocycles. The molecule has 3 aromatic rings. The second-order valence-corrected chi connectivity index (χ2v) is 5.06. The van der Waals surface area contributed by atoms with Gasteiger partial charge in [-0.05, 0) is 18.2 Å². The lowest BCUT2D eigenvalue weighted by molar-refractivity contribution is -0.402. The van der Waals surface area contributed by atoms with Crippen molar-refractivity contribution in [2.24, 2.45) is 4.99 Å². The van der Waals surface area contributed by atoms with Crippen LogP contribution in [0.1, 0.15) is 5.76 Å². The van der Waals surface area contributed by atoms with Crippen LogP contribution in [0, 0.1) is 10.1 Å². The summed E-state index contributed by atoms with van der Waals surface area (Å²) in [6, 6.07) is 9.94. The van der Waals surface area contributed by atoms with Crippen molar-refractivity contribution in [1.82, 2.24) is 9.97 Å². The minimum atomic E-state index is -0.664. The Morgan fingerprint density at radius 1 is 1.36 bits per heavy atom. The molecule has 0 atom stereocenters. The second-order valence-electron chi connectivity index (χ2n) is 4.12. The fourth-order valence-electron chi connectivity index (χ4n) is 1.71. The topological polar surface area (TPSA) is 114 Å². The number of aliphatic imine (C=N–C) groups is 1. The summed E-state index contributed by atoms with van der Waals surface area (Å²) in [7, 11) is 0. The number of hydrogen-bond donors (Lipinski definition) is 1. The number of H-pyrrole nitrogens is 1. The van der Waals surface area contributed by atoms with E-state index in [2.05, 4.69) is 15.0 Å². The third kappa shape index (κ3) is 3.04. The zero-order chi connectivity index (χ0) is 15.5. The molecule has 110 valence electrons. The third-order valence-electron chi connectivity index (χ3n) is 2.64. The summed E-state index contributed by atoms with van der Waals surface area (Å²) < 4.78 is 4.86. The van der Waals surface area contributed by atoms with Crippen molar-refractivity contribution in [3.63, 3.8) is 0 Å². The molecular weight excluding hydrogens is 308 g/mol. The van der Waals surface area contributed by atoms with Crippen molar-refractivity contribution >= 4 is 40.1 Å². The van der Waals surface area contributed by atoms with Gasteiger partial charge in [0.1, 0.15) is 4.92 Å². The van der Waals surface area contributed by atoms with Gasteiger partial charge >= 0.3 is 11.1 Å². The van der Waals surface area contributed by atoms with Crippen molar-refractivity contribution in [3.8, 4) is 0 Å². The SMILES string of the molecule is O=C(/N=C/c1ccc([N+](=O)[O-])o1)Sc1nc2ccccc2[nH]1. The molecule has 0 saturated heterocycles. The molecule has 0 fully saturated rings. The fourth-order valence-corrected chi connectivity index (χ4v) is 2.29. The largest absolute Gasteiger partial charge is 0.433 e. The maximum absolute atomic E-state index is 11.7. The molecule has 0 saturated carbocycles. The number of thioether (sulfide) groups is 1. The number of fused-ring (bicyclic) bond motifs is 1. The molecule has 1 amide bonds. The quantitative estimate of drug-likeness (QED) is 0.343. The Bertz CT molecular complexity index is 850. The highest BCUT2D eigenvalue weighted by atomic mass is 32.2. The molecule has 0 bridgehead atoms. The number of amides is 1. The zero-order valence-electron chi connectivity index (χ0n) is 10.9. The molecule has 1 aromatic carbocycles. The average Bonchev–Trinajstić information content (AvgIpc) is 3.11. The Morgan fingerprint density at radius 3 is 2.91 bits per heavy atom. The summed E-state index contributed by atoms with van der Waals surface area (Å²) in [5.41, 5.74) is 1.58. The monoisotopic (exact) mass is 316 g/mol. The number of carbonyl (C=O) groups excluding carboxylic acids is 1. The van der Waals surface area contributed by atoms with Crippen LogP contribution in [0.2, 0.25) is 0 Å². The number of nitrogens with zero attached hydrogens (tertiary/aromatic N) is 3. The van der Waals surface area contributed by atoms with Gasteiger partial charge in [0.05, 0.1) is 23.3 Å². The molecule has 0 aliphatic rings. The minimum absolute atomic E-state index is 0.130. The Kier molecular flexibility index (Phi) is 3.71. The van der Waals surface area contributed by atoms with Gasteiger partial charge in [0.2, 0.25) is 0 Å². The van der Waals surface area contributed by atoms with E-state index >= 15 is 0 Å². The number of nitro groups is 1. The van der Waals surface area contributed by atoms with E-state index in [0.29, 0.717) is 5.16 Å². The summed E-state index contributed by atoms with van der Waals surface area (Å²) >= 11 is 0.823. The van der Waals surface area contributed by atoms with Gasteiger partial charge in [-0.15, -0.1) is 0 Å². The van der Waals surface area contributed by atoms with Gasteiger partial charge in [0.15, 0.2) is 10.9 Å². The molecule has 9 heteroatoms. The number of imidazole rings is 1. The highest BCUT2D eigenvalue weighted by Gasteiger charge is 2.11. The molecule has 2 aromatic heterocycles. The normalized spacial score (nSPS) is 11.3. The maximum Gasteiger partial charge on any atom is 0.433 e. The fraction of sp³-hybridized carbons (Fsp3) is 0. The van der Waals surface area contributed by atoms with Crippen molar-refractivity contribution < 1.29 is 14.1 Å². The van der Waals surface area contributed by atoms with E-state index in [1.54, 1.807) is 0 Å². The van der Waals surface area contributed by atoms with E-state index in [1.807, 2.05) is 24.3 Å². The smallest absolute Gasteiger partial charge is 0.400 e. The first kappa shape index (κ1) is 14.0. The first-order chi connectivity index (χ1) is 10.6. The van der Waals surface area contributed by atoms with Crippen molar-refractivity contribution in [2.75, 3.05) is 0 Å². The number of furan rings is 1. The molecule has 2 heterocycles. The molecule has 8 nitrogen and oxygen atoms in total. The Hall–Kier alpha value is -2.94. The average molecular weight is 316 g/mol. The van der Waals surface area contributed by atoms with Crippen LogP contribution in [-0.4, -0.2) is 26.3 Å². The number of para-hydroxylation sites is 2. The summed E-state index contributed by atoms with van der Waals surface area (Å²) in [6.45, 7) is 0. The van der Waals surface area contributed by atoms with E-state index in [0.717, 1.165) is 29.0 Å². The first-order valence-corrected chi connectivity index (χ1v) is 6.88. The van der Waals surface area contributed by atoms with E-state index in [9.17, 15) is 14.9 Å². The molecule has 3 rings (SSSR count). The molecule has 0 spiro atoms. The number of nitrogens with one attached hydrogen (secondary N) is 1. The Morgan fingerprint density at radius 2 is 2.18 bits per heavy atom. The van der Waals surface area contributed by atoms with Crippen LogP contribution < -0.4 is 0 Å². The van der Waals surface area contributed by atoms with E-state index in [-0.39, 0.29) is 5.76 Å². The minimum Gasteiger partial charge on any atom is -0.400 e. The lowest BCUT2D eigenvalue weighted by atomic mass is 10.3. The molecule has 0 aliphatic heterocycles. The van der Waals surface area contributed by atoms with E-state index in [1.165, 1.54) is 12.1 Å². The maximum atomic E-state index is 11.7. The van der Waals surface area contributed by atoms with Crippen molar-refractivity contribution in [2.45, 2.75) is 5.16 Å². The highest BCUT2D eigenvalue weighted by molar-refractivity contribution is 8.13. The molecular formula is C13H8N4O4S. The zero-order valence-corrected chi connectivity index (χ0v) is 11.7. The summed E-state index contributed by atoms with van der Waals surface area (Å²) in [4.78, 5) is 32.4. The molecule has 22 heavy (non-hydrogen) atoms. The number of aromatic amines is 1. The van der Waals surface area contributed by atoms with Crippen LogP contribution in [0.4, 0.5) is 10.7 Å². The second kappa shape index (κ2) is 5.82. The van der Waals surface area contributed by atoms with E-state index < -0.39 is 16.0 Å². The van der Waals surface area contributed by atoms with Crippen LogP contribution in [0.25, 0.3) is 11.0 Å². The summed E-state index contributed by atoms with van der Waals surface area (Å²) in [5, 5.41) is 10.4. The van der Waals surface area contributed by atoms with Gasteiger partial charge in [-0.25, -0.2) is 9.98 Å². The molecule has 0 radical (unpaired) electrons. The molecule has 1 N–H and O–H groups in total. The number of carbonyl (C=O) groups is 1. The lowest BCUT2D eigenvalue weighted by Gasteiger charge is -1.89. The van der Waals surface area contributed by atoms with Crippen LogP contribution in [0.15, 0.2) is 51.0 Å². The summed E-state index contributed by atoms with van der Waals surface area (Å²) in [5.74, 6) is -0.274. The first-order valence-electron chi connectivity index (χ1n) is 6.07. The van der Waals surface area contributed by atoms with E-state index in [4.69, 9.17) is 4.42 Å². The molecule has 0 unspecified atom stereocenters. The van der Waals surface area contributed by atoms with Gasteiger partial charge in [-0.2, -0.15) is 0 Å². The van der Waals surface area contributed by atoms with Gasteiger partial charge < -0.3 is 9.40 Å². The Balaban J connectivity index is 1.68. The third-order valence-corrected chi connectivity index (χ3v) is 3.31. The van der Waals surface area contributed by atoms with Gasteiger partial charge in [-0.1, -0.05) is 12.1 Å². The van der Waals surface area contributed by atoms with Crippen molar-refractivity contribution in [3.05, 3.63) is 52.3 Å². The number of benzene rings is 1. The predicted molar refractivity (Wildman–Crippen MR) is 80.3 cm³/mol. The van der Waals surface area contributed by atoms with Crippen LogP contribution in [0.5, 0.6) is 0 Å². The van der Waals surface area contributed by atoms with Crippen molar-refractivity contribution in [1.29, 1.82) is 0 Å². The van der Waals surface area contributed by atoms with Gasteiger partial charge in [0.25, 0.3) is 0 Å². The lowest BCUT2D eigenvalue weighted by Crippen LogP contribution is -1.87. The highest BCUT2D eigenvalue weighted by Crippen LogP contribution is 2.21.